The zero-order chi connectivity index (χ0) is 22.1. The fraction of sp³-hybridized carbons (Fsp3) is 0.571. The Balaban J connectivity index is 1.84. The minimum absolute atomic E-state index is 0.0510. The molecule has 2 aliphatic heterocycles. The highest BCUT2D eigenvalue weighted by molar-refractivity contribution is 7.80. The molecule has 3 rings (SSSR count). The quantitative estimate of drug-likeness (QED) is 0.145. The molecule has 1 saturated heterocycles. The molecule has 0 radical (unpaired) electrons. The van der Waals surface area contributed by atoms with Crippen molar-refractivity contribution in [2.75, 3.05) is 33.3 Å². The summed E-state index contributed by atoms with van der Waals surface area (Å²) in [5, 5.41) is 7.28. The number of aliphatic imine (C=N–C) groups is 1. The van der Waals surface area contributed by atoms with Crippen LogP contribution in [0, 0.1) is 0 Å². The lowest BCUT2D eigenvalue weighted by atomic mass is 9.97. The van der Waals surface area contributed by atoms with Gasteiger partial charge >= 0.3 is 16.4 Å². The SMILES string of the molecule is CN=C(NOCC(=O)NCCN)C1c2c(cnn2C)C2CN1C(=O)N2OS(=O)(=O)O. The van der Waals surface area contributed by atoms with Gasteiger partial charge in [0, 0.05) is 32.7 Å². The number of hydrogen-bond acceptors (Lipinski definition) is 9. The molecule has 1 aromatic heterocycles. The number of nitrogens with one attached hydrogen (secondary N) is 2. The van der Waals surface area contributed by atoms with Gasteiger partial charge in [-0.05, 0) is 0 Å². The molecule has 0 aromatic carbocycles. The van der Waals surface area contributed by atoms with Crippen LogP contribution in [0.1, 0.15) is 23.3 Å². The summed E-state index contributed by atoms with van der Waals surface area (Å²) in [6, 6.07) is -2.44. The maximum absolute atomic E-state index is 12.8. The summed E-state index contributed by atoms with van der Waals surface area (Å²) >= 11 is 0. The molecule has 166 valence electrons. The maximum atomic E-state index is 12.8. The predicted molar refractivity (Wildman–Crippen MR) is 99.8 cm³/mol. The normalized spacial score (nSPS) is 21.1. The smallest absolute Gasteiger partial charge is 0.353 e. The van der Waals surface area contributed by atoms with E-state index in [1.165, 1.54) is 22.8 Å². The van der Waals surface area contributed by atoms with Gasteiger partial charge in [-0.15, -0.1) is 4.28 Å². The van der Waals surface area contributed by atoms with Gasteiger partial charge in [-0.3, -0.25) is 29.3 Å². The monoisotopic (exact) mass is 446 g/mol. The number of aryl methyl sites for hydroxylation is 1. The number of amidine groups is 1. The largest absolute Gasteiger partial charge is 0.418 e. The lowest BCUT2D eigenvalue weighted by Gasteiger charge is -2.31. The van der Waals surface area contributed by atoms with Crippen LogP contribution in [0.5, 0.6) is 0 Å². The van der Waals surface area contributed by atoms with Crippen LogP contribution >= 0.6 is 0 Å². The Bertz CT molecular complexity index is 961. The van der Waals surface area contributed by atoms with Crippen molar-refractivity contribution in [3.63, 3.8) is 0 Å². The zero-order valence-electron chi connectivity index (χ0n) is 16.2. The van der Waals surface area contributed by atoms with E-state index >= 15 is 0 Å². The Morgan fingerprint density at radius 2 is 2.23 bits per heavy atom. The molecule has 3 amide bonds. The zero-order valence-corrected chi connectivity index (χ0v) is 17.0. The summed E-state index contributed by atoms with van der Waals surface area (Å²) in [6.45, 7) is 0.297. The van der Waals surface area contributed by atoms with E-state index in [1.807, 2.05) is 0 Å². The van der Waals surface area contributed by atoms with Gasteiger partial charge in [0.05, 0.1) is 18.4 Å². The van der Waals surface area contributed by atoms with Crippen LogP contribution < -0.4 is 16.5 Å². The lowest BCUT2D eigenvalue weighted by Crippen LogP contribution is -2.45. The first kappa shape index (κ1) is 21.9. The van der Waals surface area contributed by atoms with E-state index in [-0.39, 0.29) is 25.5 Å². The second-order valence-electron chi connectivity index (χ2n) is 6.43. The van der Waals surface area contributed by atoms with E-state index in [1.54, 1.807) is 7.05 Å². The van der Waals surface area contributed by atoms with E-state index in [9.17, 15) is 18.0 Å². The molecule has 1 aromatic rings. The van der Waals surface area contributed by atoms with Gasteiger partial charge in [-0.25, -0.2) is 4.79 Å². The third kappa shape index (κ3) is 4.21. The van der Waals surface area contributed by atoms with Gasteiger partial charge in [0.25, 0.3) is 0 Å². The first-order chi connectivity index (χ1) is 14.2. The van der Waals surface area contributed by atoms with Crippen molar-refractivity contribution in [3.05, 3.63) is 17.5 Å². The summed E-state index contributed by atoms with van der Waals surface area (Å²) in [4.78, 5) is 35.0. The molecular weight excluding hydrogens is 424 g/mol. The van der Waals surface area contributed by atoms with Crippen molar-refractivity contribution in [1.29, 1.82) is 0 Å². The van der Waals surface area contributed by atoms with Crippen LogP contribution in [0.2, 0.25) is 0 Å². The molecule has 15 nitrogen and oxygen atoms in total. The molecule has 16 heteroatoms. The van der Waals surface area contributed by atoms with Crippen LogP contribution in [0.4, 0.5) is 4.79 Å². The molecule has 2 atom stereocenters. The Morgan fingerprint density at radius 3 is 2.87 bits per heavy atom. The van der Waals surface area contributed by atoms with Crippen LogP contribution in [0.25, 0.3) is 0 Å². The third-order valence-electron chi connectivity index (χ3n) is 4.55. The minimum Gasteiger partial charge on any atom is -0.353 e. The Hall–Kier alpha value is -2.79. The highest BCUT2D eigenvalue weighted by Crippen LogP contribution is 2.44. The number of urea groups is 1. The molecule has 2 aliphatic rings. The summed E-state index contributed by atoms with van der Waals surface area (Å²) in [5.41, 5.74) is 8.93. The van der Waals surface area contributed by atoms with Crippen LogP contribution in [-0.4, -0.2) is 83.8 Å². The molecular formula is C14H22N8O7S. The van der Waals surface area contributed by atoms with Gasteiger partial charge in [0.1, 0.15) is 17.9 Å². The average molecular weight is 446 g/mol. The fourth-order valence-electron chi connectivity index (χ4n) is 3.37. The number of rotatable bonds is 8. The molecule has 0 aliphatic carbocycles. The van der Waals surface area contributed by atoms with Crippen molar-refractivity contribution < 1.29 is 31.7 Å². The van der Waals surface area contributed by atoms with Crippen molar-refractivity contribution >= 4 is 28.2 Å². The number of carbonyl (C=O) groups excluding carboxylic acids is 2. The number of hydroxylamine groups is 3. The van der Waals surface area contributed by atoms with Gasteiger partial charge in [-0.1, -0.05) is 0 Å². The highest BCUT2D eigenvalue weighted by Gasteiger charge is 2.53. The van der Waals surface area contributed by atoms with E-state index in [0.29, 0.717) is 22.9 Å². The molecule has 5 N–H and O–H groups in total. The number of carbonyl (C=O) groups is 2. The van der Waals surface area contributed by atoms with Crippen LogP contribution in [0.3, 0.4) is 0 Å². The Labute approximate surface area is 171 Å². The first-order valence-electron chi connectivity index (χ1n) is 8.77. The van der Waals surface area contributed by atoms with Crippen molar-refractivity contribution in [1.82, 2.24) is 30.5 Å². The molecule has 30 heavy (non-hydrogen) atoms. The molecule has 3 heterocycles. The van der Waals surface area contributed by atoms with Crippen molar-refractivity contribution in [2.24, 2.45) is 17.8 Å². The first-order valence-corrected chi connectivity index (χ1v) is 10.1. The maximum Gasteiger partial charge on any atom is 0.418 e. The van der Waals surface area contributed by atoms with Gasteiger partial charge in [-0.2, -0.15) is 18.6 Å². The predicted octanol–water partition coefficient (Wildman–Crippen LogP) is -2.39. The lowest BCUT2D eigenvalue weighted by molar-refractivity contribution is -0.127. The fourth-order valence-corrected chi connectivity index (χ4v) is 3.74. The second kappa shape index (κ2) is 8.52. The standard InChI is InChI=1S/C14H22N8O7S/c1-16-13(19-28-7-10(23)17-4-3-15)12-11-8(5-18-20(11)2)9-6-21(12)14(24)22(9)29-30(25,26)27/h5,9,12H,3-4,6-7,15H2,1-2H3,(H,16,19)(H,17,23)(H,25,26,27). The van der Waals surface area contributed by atoms with Gasteiger partial charge in [0.2, 0.25) is 5.91 Å². The molecule has 1 fully saturated rings. The second-order valence-corrected chi connectivity index (χ2v) is 7.43. The summed E-state index contributed by atoms with van der Waals surface area (Å²) in [6.07, 6.45) is 1.47. The Morgan fingerprint density at radius 1 is 1.50 bits per heavy atom. The number of nitrogens with zero attached hydrogens (tertiary/aromatic N) is 5. The minimum atomic E-state index is -4.92. The highest BCUT2D eigenvalue weighted by atomic mass is 32.3. The summed E-state index contributed by atoms with van der Waals surface area (Å²) in [7, 11) is -1.83. The number of amides is 3. The number of aromatic nitrogens is 2. The van der Waals surface area contributed by atoms with Gasteiger partial charge < -0.3 is 16.0 Å². The summed E-state index contributed by atoms with van der Waals surface area (Å²) < 4.78 is 37.4. The molecule has 2 unspecified atom stereocenters. The molecule has 0 saturated carbocycles. The van der Waals surface area contributed by atoms with Crippen LogP contribution in [0.15, 0.2) is 11.2 Å². The molecule has 2 bridgehead atoms. The van der Waals surface area contributed by atoms with Gasteiger partial charge in [0.15, 0.2) is 6.61 Å². The number of nitrogens with two attached hydrogens (primary N) is 1. The number of hydrogen-bond donors (Lipinski definition) is 4. The average Bonchev–Trinajstić information content (AvgIpc) is 3.18. The van der Waals surface area contributed by atoms with E-state index in [4.69, 9.17) is 15.1 Å². The van der Waals surface area contributed by atoms with Crippen LogP contribution in [-0.2, 0) is 31.4 Å². The van der Waals surface area contributed by atoms with E-state index in [0.717, 1.165) is 0 Å². The third-order valence-corrected chi connectivity index (χ3v) is 4.90. The number of fused-ring (bicyclic) bond motifs is 4. The van der Waals surface area contributed by atoms with E-state index < -0.39 is 34.4 Å². The topological polar surface area (TPSA) is 194 Å². The molecule has 0 spiro atoms. The van der Waals surface area contributed by atoms with Crippen molar-refractivity contribution in [2.45, 2.75) is 12.1 Å². The summed E-state index contributed by atoms with van der Waals surface area (Å²) in [5.74, 6) is -0.231. The Kier molecular flexibility index (Phi) is 6.22. The van der Waals surface area contributed by atoms with E-state index in [2.05, 4.69) is 25.2 Å². The van der Waals surface area contributed by atoms with Crippen molar-refractivity contribution in [3.8, 4) is 0 Å².